The van der Waals surface area contributed by atoms with E-state index < -0.39 is 0 Å². The highest BCUT2D eigenvalue weighted by Crippen LogP contribution is 2.48. The average Bonchev–Trinajstić information content (AvgIpc) is 2.94. The minimum Gasteiger partial charge on any atom is -0.385 e. The highest BCUT2D eigenvalue weighted by molar-refractivity contribution is 7.15. The predicted octanol–water partition coefficient (Wildman–Crippen LogP) is 2.56. The van der Waals surface area contributed by atoms with Gasteiger partial charge in [0.1, 0.15) is 0 Å². The maximum atomic E-state index is 10.6. The van der Waals surface area contributed by atoms with E-state index in [9.17, 15) is 10.1 Å². The van der Waals surface area contributed by atoms with Gasteiger partial charge in [0.2, 0.25) is 0 Å². The summed E-state index contributed by atoms with van der Waals surface area (Å²) in [4.78, 5) is 11.2. The Morgan fingerprint density at radius 3 is 2.89 bits per heavy atom. The van der Waals surface area contributed by atoms with E-state index in [1.54, 1.807) is 13.2 Å². The first kappa shape index (κ1) is 13.5. The Morgan fingerprint density at radius 2 is 2.33 bits per heavy atom. The normalized spacial score (nSPS) is 16.7. The molecule has 1 saturated carbocycles. The van der Waals surface area contributed by atoms with Crippen LogP contribution in [0.1, 0.15) is 24.1 Å². The lowest BCUT2D eigenvalue weighted by Gasteiger charge is -2.14. The van der Waals surface area contributed by atoms with Gasteiger partial charge in [0, 0.05) is 37.7 Å². The fourth-order valence-electron chi connectivity index (χ4n) is 2.02. The lowest BCUT2D eigenvalue weighted by atomic mass is 10.0. The largest absolute Gasteiger partial charge is 0.385 e. The number of nitrogens with one attached hydrogen (secondary N) is 1. The molecule has 0 bridgehead atoms. The van der Waals surface area contributed by atoms with Crippen molar-refractivity contribution in [2.24, 2.45) is 5.41 Å². The maximum Gasteiger partial charge on any atom is 0.324 e. The van der Waals surface area contributed by atoms with Gasteiger partial charge in [-0.3, -0.25) is 10.1 Å². The number of methoxy groups -OCH3 is 1. The van der Waals surface area contributed by atoms with E-state index in [2.05, 4.69) is 5.32 Å². The van der Waals surface area contributed by atoms with Crippen LogP contribution in [0.3, 0.4) is 0 Å². The molecule has 2 rings (SSSR count). The Bertz CT molecular complexity index is 415. The van der Waals surface area contributed by atoms with Crippen molar-refractivity contribution in [2.45, 2.75) is 25.8 Å². The number of hydrogen-bond acceptors (Lipinski definition) is 5. The summed E-state index contributed by atoms with van der Waals surface area (Å²) in [6.07, 6.45) is 3.61. The summed E-state index contributed by atoms with van der Waals surface area (Å²) >= 11 is 1.24. The van der Waals surface area contributed by atoms with Crippen molar-refractivity contribution in [3.63, 3.8) is 0 Å². The van der Waals surface area contributed by atoms with Crippen LogP contribution in [0, 0.1) is 15.5 Å². The predicted molar refractivity (Wildman–Crippen MR) is 70.8 cm³/mol. The Labute approximate surface area is 110 Å². The quantitative estimate of drug-likeness (QED) is 0.582. The Kier molecular flexibility index (Phi) is 4.31. The molecule has 1 aromatic heterocycles. The van der Waals surface area contributed by atoms with E-state index in [1.807, 2.05) is 6.07 Å². The fourth-order valence-corrected chi connectivity index (χ4v) is 2.81. The van der Waals surface area contributed by atoms with E-state index in [1.165, 1.54) is 24.2 Å². The molecule has 0 radical (unpaired) electrons. The molecule has 5 nitrogen and oxygen atoms in total. The molecule has 1 aliphatic rings. The van der Waals surface area contributed by atoms with Gasteiger partial charge in [-0.15, -0.1) is 0 Å². The maximum absolute atomic E-state index is 10.6. The Hall–Kier alpha value is -0.980. The van der Waals surface area contributed by atoms with Gasteiger partial charge in [0.25, 0.3) is 0 Å². The average molecular weight is 270 g/mol. The van der Waals surface area contributed by atoms with Crippen molar-refractivity contribution in [3.05, 3.63) is 27.1 Å². The van der Waals surface area contributed by atoms with Gasteiger partial charge >= 0.3 is 5.00 Å². The van der Waals surface area contributed by atoms with E-state index in [0.717, 1.165) is 24.4 Å². The SMILES string of the molecule is COCCC1(CNCc2ccc([N+](=O)[O-])s2)CC1. The van der Waals surface area contributed by atoms with Crippen LogP contribution in [0.4, 0.5) is 5.00 Å². The molecule has 0 atom stereocenters. The molecule has 0 amide bonds. The molecule has 0 spiro atoms. The minimum absolute atomic E-state index is 0.215. The topological polar surface area (TPSA) is 64.4 Å². The van der Waals surface area contributed by atoms with Crippen molar-refractivity contribution in [1.29, 1.82) is 0 Å². The van der Waals surface area contributed by atoms with Gasteiger partial charge in [-0.2, -0.15) is 0 Å². The molecule has 1 aliphatic carbocycles. The van der Waals surface area contributed by atoms with E-state index >= 15 is 0 Å². The molecule has 0 aliphatic heterocycles. The first-order valence-corrected chi connectivity index (χ1v) is 6.90. The molecular weight excluding hydrogens is 252 g/mol. The van der Waals surface area contributed by atoms with E-state index in [-0.39, 0.29) is 9.92 Å². The number of rotatable bonds is 8. The summed E-state index contributed by atoms with van der Waals surface area (Å²) in [5.74, 6) is 0. The van der Waals surface area contributed by atoms with E-state index in [4.69, 9.17) is 4.74 Å². The van der Waals surface area contributed by atoms with E-state index in [0.29, 0.717) is 12.0 Å². The highest BCUT2D eigenvalue weighted by atomic mass is 32.1. The molecule has 18 heavy (non-hydrogen) atoms. The van der Waals surface area contributed by atoms with Crippen LogP contribution in [0.25, 0.3) is 0 Å². The van der Waals surface area contributed by atoms with Gasteiger partial charge < -0.3 is 10.1 Å². The number of nitrogens with zero attached hydrogens (tertiary/aromatic N) is 1. The molecule has 1 N–H and O–H groups in total. The molecule has 1 aromatic rings. The molecular formula is C12H18N2O3S. The second kappa shape index (κ2) is 5.77. The number of ether oxygens (including phenoxy) is 1. The van der Waals surface area contributed by atoms with Gasteiger partial charge in [0.15, 0.2) is 0 Å². The van der Waals surface area contributed by atoms with Crippen molar-refractivity contribution >= 4 is 16.3 Å². The van der Waals surface area contributed by atoms with Crippen molar-refractivity contribution in [2.75, 3.05) is 20.3 Å². The molecule has 1 fully saturated rings. The third-order valence-corrected chi connectivity index (χ3v) is 4.46. The van der Waals surface area contributed by atoms with Crippen LogP contribution in [-0.2, 0) is 11.3 Å². The molecule has 0 saturated heterocycles. The monoisotopic (exact) mass is 270 g/mol. The summed E-state index contributed by atoms with van der Waals surface area (Å²) in [5.41, 5.74) is 0.416. The highest BCUT2D eigenvalue weighted by Gasteiger charge is 2.41. The third kappa shape index (κ3) is 3.51. The molecule has 6 heteroatoms. The molecule has 0 aromatic carbocycles. The Morgan fingerprint density at radius 1 is 1.56 bits per heavy atom. The first-order chi connectivity index (χ1) is 8.65. The number of thiophene rings is 1. The number of hydrogen-bond donors (Lipinski definition) is 1. The fraction of sp³-hybridized carbons (Fsp3) is 0.667. The lowest BCUT2D eigenvalue weighted by Crippen LogP contribution is -2.24. The molecule has 100 valence electrons. The Balaban J connectivity index is 1.73. The van der Waals surface area contributed by atoms with Crippen molar-refractivity contribution in [3.8, 4) is 0 Å². The number of nitro groups is 1. The molecule has 1 heterocycles. The van der Waals surface area contributed by atoms with Crippen LogP contribution in [-0.4, -0.2) is 25.2 Å². The minimum atomic E-state index is -0.338. The summed E-state index contributed by atoms with van der Waals surface area (Å²) in [5, 5.41) is 14.2. The summed E-state index contributed by atoms with van der Waals surface area (Å²) < 4.78 is 5.11. The molecule has 0 unspecified atom stereocenters. The third-order valence-electron chi connectivity index (χ3n) is 3.42. The zero-order valence-electron chi connectivity index (χ0n) is 10.5. The van der Waals surface area contributed by atoms with Crippen LogP contribution in [0.2, 0.25) is 0 Å². The standard InChI is InChI=1S/C12H18N2O3S/c1-17-7-6-12(4-5-12)9-13-8-10-2-3-11(18-10)14(15)16/h2-3,13H,4-9H2,1H3. The van der Waals surface area contributed by atoms with Crippen LogP contribution in [0.5, 0.6) is 0 Å². The van der Waals surface area contributed by atoms with Crippen LogP contribution in [0.15, 0.2) is 12.1 Å². The lowest BCUT2D eigenvalue weighted by molar-refractivity contribution is -0.380. The van der Waals surface area contributed by atoms with Gasteiger partial charge in [0.05, 0.1) is 4.92 Å². The van der Waals surface area contributed by atoms with Crippen LogP contribution >= 0.6 is 11.3 Å². The van der Waals surface area contributed by atoms with Crippen molar-refractivity contribution in [1.82, 2.24) is 5.32 Å². The second-order valence-electron chi connectivity index (χ2n) is 4.84. The summed E-state index contributed by atoms with van der Waals surface area (Å²) in [6.45, 7) is 2.50. The van der Waals surface area contributed by atoms with Gasteiger partial charge in [-0.1, -0.05) is 11.3 Å². The zero-order valence-corrected chi connectivity index (χ0v) is 11.3. The van der Waals surface area contributed by atoms with Crippen molar-refractivity contribution < 1.29 is 9.66 Å². The summed E-state index contributed by atoms with van der Waals surface area (Å²) in [7, 11) is 1.73. The summed E-state index contributed by atoms with van der Waals surface area (Å²) in [6, 6.07) is 3.39. The zero-order chi connectivity index (χ0) is 13.0. The second-order valence-corrected chi connectivity index (χ2v) is 5.99. The smallest absolute Gasteiger partial charge is 0.324 e. The first-order valence-electron chi connectivity index (χ1n) is 6.08. The van der Waals surface area contributed by atoms with Gasteiger partial charge in [-0.25, -0.2) is 0 Å². The van der Waals surface area contributed by atoms with Crippen LogP contribution < -0.4 is 5.32 Å². The van der Waals surface area contributed by atoms with Gasteiger partial charge in [-0.05, 0) is 30.7 Å².